The molecule has 0 saturated heterocycles. The third kappa shape index (κ3) is 12.3. The lowest BCUT2D eigenvalue weighted by atomic mass is 9.93. The van der Waals surface area contributed by atoms with Gasteiger partial charge in [-0.05, 0) is 70.1 Å². The molecule has 14 heteroatoms. The molecule has 54 heavy (non-hydrogen) atoms. The molecule has 1 unspecified atom stereocenters. The highest BCUT2D eigenvalue weighted by atomic mass is 35.5. The maximum absolute atomic E-state index is 14.4. The molecule has 4 rings (SSSR count). The molecule has 1 aliphatic carbocycles. The van der Waals surface area contributed by atoms with Crippen molar-refractivity contribution in [1.29, 1.82) is 0 Å². The standard InChI is InChI=1S/C18H15ClFNO3.C14H20ClNO2.C8H11Cl2NO/c1-3-10(2)24-16-9-15(14(20)8-13(16)19)21-17(22)11-6-4-5-7-12(11)18(21)23;1-4-12-8-6-7-11(3)14(12)16(10-18-5-2)13(17)9-15;1-3-5-11(6-4-2)8(12)7(9)10/h1,8-10H,4-7H2,2H3;6-8H,4-5,9-10H2,1-3H3;3-4,7H,1-2,5-6H2. The van der Waals surface area contributed by atoms with Gasteiger partial charge in [0.15, 0.2) is 10.9 Å². The van der Waals surface area contributed by atoms with Crippen LogP contribution in [0.25, 0.3) is 0 Å². The Morgan fingerprint density at radius 2 is 1.67 bits per heavy atom. The minimum atomic E-state index is -1.01. The summed E-state index contributed by atoms with van der Waals surface area (Å²) in [5, 5.41) is 0.0233. The van der Waals surface area contributed by atoms with Crippen LogP contribution >= 0.6 is 46.4 Å². The number of alkyl halides is 3. The Kier molecular flexibility index (Phi) is 19.9. The number of ether oxygens (including phenoxy) is 2. The fraction of sp³-hybridized carbons (Fsp3) is 0.400. The normalized spacial score (nSPS) is 13.8. The molecular weight excluding hydrogens is 779 g/mol. The third-order valence-corrected chi connectivity index (χ3v) is 9.08. The monoisotopic (exact) mass is 823 g/mol. The Balaban J connectivity index is 0.000000299. The van der Waals surface area contributed by atoms with Gasteiger partial charge in [0.1, 0.15) is 24.2 Å². The summed E-state index contributed by atoms with van der Waals surface area (Å²) in [7, 11) is 0. The molecule has 9 nitrogen and oxygen atoms in total. The second-order valence-electron chi connectivity index (χ2n) is 11.9. The first-order chi connectivity index (χ1) is 25.7. The molecule has 0 N–H and O–H groups in total. The molecular formula is C40H46Cl4FN3O6. The molecule has 0 bridgehead atoms. The van der Waals surface area contributed by atoms with Gasteiger partial charge in [-0.25, -0.2) is 9.29 Å². The van der Waals surface area contributed by atoms with Crippen LogP contribution in [-0.4, -0.2) is 71.8 Å². The summed E-state index contributed by atoms with van der Waals surface area (Å²) in [5.74, 6) is 0.319. The first-order valence-corrected chi connectivity index (χ1v) is 19.0. The van der Waals surface area contributed by atoms with Gasteiger partial charge in [0.05, 0.1) is 16.4 Å². The zero-order valence-electron chi connectivity index (χ0n) is 30.9. The SMILES string of the molecule is C#CC(C)Oc1cc(N2C(=O)C3=C(CCCC3)C2=O)c(F)cc1Cl.C=CCN(CC=C)C(=O)C(Cl)Cl.CCOCN(C(=O)CCl)c1c(C)cccc1CC. The lowest BCUT2D eigenvalue weighted by molar-refractivity contribution is -0.128. The van der Waals surface area contributed by atoms with Gasteiger partial charge >= 0.3 is 0 Å². The van der Waals surface area contributed by atoms with Crippen molar-refractivity contribution in [3.63, 3.8) is 0 Å². The summed E-state index contributed by atoms with van der Waals surface area (Å²) in [4.78, 5) is 51.2. The number of imide groups is 1. The first-order valence-electron chi connectivity index (χ1n) is 17.3. The van der Waals surface area contributed by atoms with Crippen molar-refractivity contribution < 1.29 is 33.0 Å². The number of rotatable bonds is 14. The smallest absolute Gasteiger partial charge is 0.261 e. The highest BCUT2D eigenvalue weighted by Gasteiger charge is 2.41. The number of carbonyl (C=O) groups is 4. The highest BCUT2D eigenvalue weighted by molar-refractivity contribution is 6.53. The van der Waals surface area contributed by atoms with E-state index in [0.29, 0.717) is 43.7 Å². The molecule has 0 fully saturated rings. The van der Waals surface area contributed by atoms with E-state index in [4.69, 9.17) is 62.3 Å². The minimum Gasteiger partial charge on any atom is -0.476 e. The van der Waals surface area contributed by atoms with Gasteiger partial charge in [0, 0.05) is 36.9 Å². The summed E-state index contributed by atoms with van der Waals surface area (Å²) in [6.45, 7) is 16.3. The lowest BCUT2D eigenvalue weighted by Crippen LogP contribution is -2.35. The molecule has 2 aromatic rings. The average Bonchev–Trinajstić information content (AvgIpc) is 3.41. The first kappa shape index (κ1) is 46.3. The van der Waals surface area contributed by atoms with Gasteiger partial charge in [0.2, 0.25) is 5.91 Å². The molecule has 0 saturated carbocycles. The number of anilines is 2. The highest BCUT2D eigenvalue weighted by Crippen LogP contribution is 2.39. The summed E-state index contributed by atoms with van der Waals surface area (Å²) in [5.41, 5.74) is 3.93. The predicted octanol–water partition coefficient (Wildman–Crippen LogP) is 8.74. The number of amides is 4. The van der Waals surface area contributed by atoms with Crippen molar-refractivity contribution in [2.24, 2.45) is 0 Å². The fourth-order valence-electron chi connectivity index (χ4n) is 5.57. The largest absolute Gasteiger partial charge is 0.476 e. The van der Waals surface area contributed by atoms with E-state index in [-0.39, 0.29) is 40.9 Å². The predicted molar refractivity (Wildman–Crippen MR) is 216 cm³/mol. The van der Waals surface area contributed by atoms with Crippen LogP contribution in [0, 0.1) is 25.1 Å². The second kappa shape index (κ2) is 23.2. The number of halogens is 5. The Hall–Kier alpha value is -3.85. The van der Waals surface area contributed by atoms with Crippen LogP contribution in [0.2, 0.25) is 5.02 Å². The maximum Gasteiger partial charge on any atom is 0.261 e. The van der Waals surface area contributed by atoms with E-state index in [1.807, 2.05) is 32.0 Å². The zero-order valence-corrected chi connectivity index (χ0v) is 34.0. The number of carbonyl (C=O) groups excluding carboxylic acids is 4. The average molecular weight is 826 g/mol. The number of hydrogen-bond donors (Lipinski definition) is 0. The van der Waals surface area contributed by atoms with Crippen LogP contribution in [0.15, 0.2) is 66.8 Å². The van der Waals surface area contributed by atoms with Gasteiger partial charge in [0.25, 0.3) is 17.7 Å². The van der Waals surface area contributed by atoms with E-state index in [9.17, 15) is 23.6 Å². The van der Waals surface area contributed by atoms with Crippen molar-refractivity contribution >= 4 is 81.4 Å². The second-order valence-corrected chi connectivity index (χ2v) is 13.7. The molecule has 1 heterocycles. The molecule has 0 spiro atoms. The minimum absolute atomic E-state index is 0.0233. The van der Waals surface area contributed by atoms with Crippen molar-refractivity contribution in [1.82, 2.24) is 4.90 Å². The van der Waals surface area contributed by atoms with Crippen molar-refractivity contribution in [3.05, 3.63) is 88.8 Å². The van der Waals surface area contributed by atoms with E-state index in [2.05, 4.69) is 26.0 Å². The number of aryl methyl sites for hydroxylation is 2. The molecule has 2 aliphatic rings. The van der Waals surface area contributed by atoms with Gasteiger partial charge in [-0.3, -0.25) is 24.1 Å². The third-order valence-electron chi connectivity index (χ3n) is 8.18. The van der Waals surface area contributed by atoms with Crippen LogP contribution in [0.1, 0.15) is 57.6 Å². The number of nitrogens with zero attached hydrogens (tertiary/aromatic N) is 3. The molecule has 1 aliphatic heterocycles. The summed E-state index contributed by atoms with van der Waals surface area (Å²) in [6, 6.07) is 8.30. The summed E-state index contributed by atoms with van der Waals surface area (Å²) < 4.78 is 25.2. The number of terminal acetylenes is 1. The zero-order chi connectivity index (χ0) is 40.5. The summed E-state index contributed by atoms with van der Waals surface area (Å²) >= 11 is 22.4. The van der Waals surface area contributed by atoms with Gasteiger partial charge in [-0.2, -0.15) is 0 Å². The molecule has 292 valence electrons. The fourth-order valence-corrected chi connectivity index (χ4v) is 6.19. The van der Waals surface area contributed by atoms with Crippen LogP contribution in [0.5, 0.6) is 5.75 Å². The van der Waals surface area contributed by atoms with Crippen LogP contribution in [-0.2, 0) is 30.3 Å². The van der Waals surface area contributed by atoms with Gasteiger partial charge in [-0.15, -0.1) is 31.2 Å². The summed E-state index contributed by atoms with van der Waals surface area (Å²) in [6.07, 6.45) is 11.6. The van der Waals surface area contributed by atoms with E-state index in [1.165, 1.54) is 11.0 Å². The molecule has 0 aromatic heterocycles. The van der Waals surface area contributed by atoms with Gasteiger partial charge < -0.3 is 14.4 Å². The number of hydrogen-bond acceptors (Lipinski definition) is 6. The lowest BCUT2D eigenvalue weighted by Gasteiger charge is -2.25. The van der Waals surface area contributed by atoms with E-state index < -0.39 is 28.6 Å². The Bertz CT molecular complexity index is 1720. The van der Waals surface area contributed by atoms with E-state index >= 15 is 0 Å². The van der Waals surface area contributed by atoms with E-state index in [1.54, 1.807) is 24.0 Å². The van der Waals surface area contributed by atoms with Crippen LogP contribution in [0.3, 0.4) is 0 Å². The number of benzene rings is 2. The van der Waals surface area contributed by atoms with Crippen molar-refractivity contribution in [2.45, 2.75) is 70.7 Å². The topological polar surface area (TPSA) is 96.5 Å². The van der Waals surface area contributed by atoms with Crippen molar-refractivity contribution in [3.8, 4) is 18.1 Å². The Labute approximate surface area is 337 Å². The molecule has 0 radical (unpaired) electrons. The van der Waals surface area contributed by atoms with Crippen LogP contribution < -0.4 is 14.5 Å². The molecule has 1 atom stereocenters. The van der Waals surface area contributed by atoms with Crippen molar-refractivity contribution in [2.75, 3.05) is 42.1 Å². The Morgan fingerprint density at radius 3 is 2.15 bits per heavy atom. The number of para-hydroxylation sites is 1. The molecule has 2 aromatic carbocycles. The van der Waals surface area contributed by atoms with E-state index in [0.717, 1.165) is 47.0 Å². The molecule has 4 amide bonds. The Morgan fingerprint density at radius 1 is 1.07 bits per heavy atom. The quantitative estimate of drug-likeness (QED) is 0.0622. The van der Waals surface area contributed by atoms with Crippen LogP contribution in [0.4, 0.5) is 15.8 Å². The maximum atomic E-state index is 14.4. The van der Waals surface area contributed by atoms with Gasteiger partial charge in [-0.1, -0.05) is 78.0 Å².